The van der Waals surface area contributed by atoms with Gasteiger partial charge in [-0.2, -0.15) is 5.10 Å². The number of benzene rings is 2. The van der Waals surface area contributed by atoms with E-state index in [0.717, 1.165) is 16.9 Å². The maximum atomic E-state index is 5.80. The van der Waals surface area contributed by atoms with E-state index in [2.05, 4.69) is 51.3 Å². The molecule has 0 spiro atoms. The summed E-state index contributed by atoms with van der Waals surface area (Å²) in [6.45, 7) is 0. The molecule has 0 bridgehead atoms. The highest BCUT2D eigenvalue weighted by molar-refractivity contribution is 14.1. The number of aromatic nitrogens is 2. The van der Waals surface area contributed by atoms with Gasteiger partial charge in [-0.1, -0.05) is 30.3 Å². The zero-order valence-electron chi connectivity index (χ0n) is 11.3. The number of hydrogen-bond donors (Lipinski definition) is 2. The summed E-state index contributed by atoms with van der Waals surface area (Å²) in [7, 11) is 0. The second-order valence-electron chi connectivity index (χ2n) is 4.66. The molecule has 0 aliphatic heterocycles. The first-order valence-electron chi connectivity index (χ1n) is 6.60. The highest BCUT2D eigenvalue weighted by Crippen LogP contribution is 2.24. The predicted molar refractivity (Wildman–Crippen MR) is 91.9 cm³/mol. The van der Waals surface area contributed by atoms with Gasteiger partial charge < -0.3 is 0 Å². The molecule has 1 heterocycles. The molecule has 1 unspecified atom stereocenters. The van der Waals surface area contributed by atoms with Crippen molar-refractivity contribution < 1.29 is 0 Å². The summed E-state index contributed by atoms with van der Waals surface area (Å²) in [6, 6.07) is 20.2. The fourth-order valence-electron chi connectivity index (χ4n) is 2.36. The van der Waals surface area contributed by atoms with Gasteiger partial charge in [0.15, 0.2) is 0 Å². The van der Waals surface area contributed by atoms with E-state index in [0.29, 0.717) is 0 Å². The lowest BCUT2D eigenvalue weighted by atomic mass is 10.0. The first-order valence-corrected chi connectivity index (χ1v) is 7.68. The Morgan fingerprint density at radius 2 is 1.86 bits per heavy atom. The second kappa shape index (κ2) is 6.38. The molecular formula is C16H15IN4. The number of nitrogens with zero attached hydrogens (tertiary/aromatic N) is 2. The molecule has 0 saturated heterocycles. The topological polar surface area (TPSA) is 55.9 Å². The van der Waals surface area contributed by atoms with Crippen molar-refractivity contribution in [3.05, 3.63) is 81.7 Å². The third-order valence-corrected chi connectivity index (χ3v) is 3.99. The number of hydrazine groups is 1. The van der Waals surface area contributed by atoms with Gasteiger partial charge >= 0.3 is 0 Å². The van der Waals surface area contributed by atoms with Crippen LogP contribution in [-0.4, -0.2) is 9.78 Å². The monoisotopic (exact) mass is 390 g/mol. The van der Waals surface area contributed by atoms with E-state index in [4.69, 9.17) is 5.84 Å². The van der Waals surface area contributed by atoms with Crippen molar-refractivity contribution in [2.75, 3.05) is 0 Å². The molecule has 0 fully saturated rings. The average Bonchev–Trinajstić information content (AvgIpc) is 2.98. The Kier molecular flexibility index (Phi) is 4.33. The molecule has 1 atom stereocenters. The summed E-state index contributed by atoms with van der Waals surface area (Å²) in [6.07, 6.45) is 1.79. The van der Waals surface area contributed by atoms with Crippen molar-refractivity contribution in [1.82, 2.24) is 15.2 Å². The summed E-state index contributed by atoms with van der Waals surface area (Å²) in [4.78, 5) is 0. The fraction of sp³-hybridized carbons (Fsp3) is 0.0625. The van der Waals surface area contributed by atoms with Crippen LogP contribution in [0, 0.1) is 3.57 Å². The minimum absolute atomic E-state index is 0.109. The molecule has 21 heavy (non-hydrogen) atoms. The van der Waals surface area contributed by atoms with Crippen molar-refractivity contribution in [3.8, 4) is 5.69 Å². The van der Waals surface area contributed by atoms with Crippen molar-refractivity contribution in [2.45, 2.75) is 6.04 Å². The molecular weight excluding hydrogens is 375 g/mol. The lowest BCUT2D eigenvalue weighted by Crippen LogP contribution is -2.30. The summed E-state index contributed by atoms with van der Waals surface area (Å²) < 4.78 is 3.08. The Hall–Kier alpha value is -1.70. The molecule has 0 aliphatic rings. The molecule has 3 N–H and O–H groups in total. The van der Waals surface area contributed by atoms with Crippen LogP contribution in [0.25, 0.3) is 5.69 Å². The van der Waals surface area contributed by atoms with Crippen LogP contribution in [0.1, 0.15) is 17.3 Å². The Bertz CT molecular complexity index is 724. The Labute approximate surface area is 137 Å². The first kappa shape index (κ1) is 14.2. The van der Waals surface area contributed by atoms with Gasteiger partial charge in [0, 0.05) is 9.77 Å². The number of rotatable bonds is 4. The van der Waals surface area contributed by atoms with Crippen LogP contribution in [0.2, 0.25) is 0 Å². The lowest BCUT2D eigenvalue weighted by Gasteiger charge is -2.18. The molecule has 3 aromatic rings. The third-order valence-electron chi connectivity index (χ3n) is 3.32. The SMILES string of the molecule is NNC(c1cccc(I)c1)c1ccnn1-c1ccccc1. The predicted octanol–water partition coefficient (Wildman–Crippen LogP) is 3.03. The third kappa shape index (κ3) is 2.99. The van der Waals surface area contributed by atoms with Gasteiger partial charge in [-0.25, -0.2) is 10.1 Å². The van der Waals surface area contributed by atoms with E-state index in [1.807, 2.05) is 47.1 Å². The smallest absolute Gasteiger partial charge is 0.0883 e. The zero-order valence-corrected chi connectivity index (χ0v) is 13.4. The Morgan fingerprint density at radius 1 is 1.05 bits per heavy atom. The Balaban J connectivity index is 2.05. The second-order valence-corrected chi connectivity index (χ2v) is 5.90. The van der Waals surface area contributed by atoms with Gasteiger partial charge in [-0.05, 0) is 58.5 Å². The molecule has 5 heteroatoms. The molecule has 0 amide bonds. The van der Waals surface area contributed by atoms with E-state index in [-0.39, 0.29) is 6.04 Å². The normalized spacial score (nSPS) is 12.3. The van der Waals surface area contributed by atoms with Crippen LogP contribution in [-0.2, 0) is 0 Å². The number of nitrogens with one attached hydrogen (secondary N) is 1. The van der Waals surface area contributed by atoms with Crippen molar-refractivity contribution in [2.24, 2.45) is 5.84 Å². The van der Waals surface area contributed by atoms with Crippen molar-refractivity contribution >= 4 is 22.6 Å². The van der Waals surface area contributed by atoms with E-state index in [9.17, 15) is 0 Å². The maximum absolute atomic E-state index is 5.80. The molecule has 0 aliphatic carbocycles. The molecule has 0 saturated carbocycles. The summed E-state index contributed by atoms with van der Waals surface area (Å²) in [5, 5.41) is 4.42. The summed E-state index contributed by atoms with van der Waals surface area (Å²) in [5.41, 5.74) is 6.03. The van der Waals surface area contributed by atoms with Gasteiger partial charge in [0.1, 0.15) is 0 Å². The highest BCUT2D eigenvalue weighted by Gasteiger charge is 2.18. The van der Waals surface area contributed by atoms with Crippen LogP contribution < -0.4 is 11.3 Å². The first-order chi connectivity index (χ1) is 10.3. The number of nitrogens with two attached hydrogens (primary N) is 1. The molecule has 3 rings (SSSR count). The van der Waals surface area contributed by atoms with Gasteiger partial charge in [-0.15, -0.1) is 0 Å². The van der Waals surface area contributed by atoms with Crippen molar-refractivity contribution in [3.63, 3.8) is 0 Å². The lowest BCUT2D eigenvalue weighted by molar-refractivity contribution is 0.597. The maximum Gasteiger partial charge on any atom is 0.0883 e. The molecule has 0 radical (unpaired) electrons. The van der Waals surface area contributed by atoms with Crippen LogP contribution >= 0.6 is 22.6 Å². The zero-order chi connectivity index (χ0) is 14.7. The van der Waals surface area contributed by atoms with Gasteiger partial charge in [0.25, 0.3) is 0 Å². The number of para-hydroxylation sites is 1. The minimum atomic E-state index is -0.109. The Morgan fingerprint density at radius 3 is 2.57 bits per heavy atom. The largest absolute Gasteiger partial charge is 0.271 e. The molecule has 2 aromatic carbocycles. The van der Waals surface area contributed by atoms with Gasteiger partial charge in [0.2, 0.25) is 0 Å². The van der Waals surface area contributed by atoms with Crippen LogP contribution in [0.5, 0.6) is 0 Å². The van der Waals surface area contributed by atoms with E-state index in [1.165, 1.54) is 3.57 Å². The van der Waals surface area contributed by atoms with Crippen LogP contribution in [0.15, 0.2) is 66.9 Å². The number of hydrogen-bond acceptors (Lipinski definition) is 3. The van der Waals surface area contributed by atoms with Crippen LogP contribution in [0.3, 0.4) is 0 Å². The fourth-order valence-corrected chi connectivity index (χ4v) is 2.92. The van der Waals surface area contributed by atoms with Crippen molar-refractivity contribution in [1.29, 1.82) is 0 Å². The molecule has 106 valence electrons. The highest BCUT2D eigenvalue weighted by atomic mass is 127. The summed E-state index contributed by atoms with van der Waals surface area (Å²) >= 11 is 2.30. The quantitative estimate of drug-likeness (QED) is 0.409. The summed E-state index contributed by atoms with van der Waals surface area (Å²) in [5.74, 6) is 5.80. The van der Waals surface area contributed by atoms with E-state index in [1.54, 1.807) is 6.20 Å². The van der Waals surface area contributed by atoms with Gasteiger partial charge in [-0.3, -0.25) is 5.84 Å². The van der Waals surface area contributed by atoms with E-state index >= 15 is 0 Å². The average molecular weight is 390 g/mol. The minimum Gasteiger partial charge on any atom is -0.271 e. The molecule has 1 aromatic heterocycles. The van der Waals surface area contributed by atoms with Gasteiger partial charge in [0.05, 0.1) is 17.4 Å². The van der Waals surface area contributed by atoms with E-state index < -0.39 is 0 Å². The molecule has 4 nitrogen and oxygen atoms in total. The van der Waals surface area contributed by atoms with Crippen LogP contribution in [0.4, 0.5) is 0 Å². The number of halogens is 1. The standard InChI is InChI=1S/C16H15IN4/c17-13-6-4-5-12(11-13)16(20-18)15-9-10-19-21(15)14-7-2-1-3-8-14/h1-11,16,20H,18H2.